The Labute approximate surface area is 152 Å². The minimum atomic E-state index is -0.626. The van der Waals surface area contributed by atoms with Gasteiger partial charge in [-0.25, -0.2) is 9.97 Å². The molecule has 1 aromatic carbocycles. The largest absolute Gasteiger partial charge is 0.494 e. The summed E-state index contributed by atoms with van der Waals surface area (Å²) in [5.41, 5.74) is 1.00. The summed E-state index contributed by atoms with van der Waals surface area (Å²) >= 11 is 9.34. The minimum absolute atomic E-state index is 0.00546. The molecular formula is C14H15BrClN5O3. The summed E-state index contributed by atoms with van der Waals surface area (Å²) in [5, 5.41) is 14.0. The molecule has 24 heavy (non-hydrogen) atoms. The zero-order valence-corrected chi connectivity index (χ0v) is 15.8. The zero-order chi connectivity index (χ0) is 18.0. The molecule has 0 amide bonds. The maximum atomic E-state index is 11.3. The Bertz CT molecular complexity index is 800. The molecule has 0 spiro atoms. The van der Waals surface area contributed by atoms with Crippen LogP contribution in [0, 0.1) is 17.0 Å². The summed E-state index contributed by atoms with van der Waals surface area (Å²) in [5.74, 6) is 0.803. The number of anilines is 3. The lowest BCUT2D eigenvalue weighted by Crippen LogP contribution is -2.10. The van der Waals surface area contributed by atoms with Crippen LogP contribution >= 0.6 is 27.5 Å². The van der Waals surface area contributed by atoms with Crippen LogP contribution < -0.4 is 15.0 Å². The average molecular weight is 417 g/mol. The molecule has 0 aliphatic carbocycles. The first kappa shape index (κ1) is 18.2. The van der Waals surface area contributed by atoms with Gasteiger partial charge >= 0.3 is 5.69 Å². The Balaban J connectivity index is 2.58. The lowest BCUT2D eigenvalue weighted by molar-refractivity contribution is -0.384. The molecule has 0 saturated heterocycles. The maximum absolute atomic E-state index is 11.3. The molecule has 0 aliphatic heterocycles. The number of nitro groups is 1. The first-order valence-corrected chi connectivity index (χ1v) is 7.92. The quantitative estimate of drug-likeness (QED) is 0.448. The second kappa shape index (κ2) is 7.18. The number of halogens is 2. The zero-order valence-electron chi connectivity index (χ0n) is 13.4. The van der Waals surface area contributed by atoms with E-state index in [0.29, 0.717) is 21.7 Å². The fourth-order valence-corrected chi connectivity index (χ4v) is 2.82. The number of hydrogen-bond donors (Lipinski definition) is 1. The number of methoxy groups -OCH3 is 1. The summed E-state index contributed by atoms with van der Waals surface area (Å²) in [6, 6.07) is 3.65. The molecular weight excluding hydrogens is 402 g/mol. The normalized spacial score (nSPS) is 10.4. The van der Waals surface area contributed by atoms with Gasteiger partial charge in [0, 0.05) is 30.3 Å². The molecule has 0 atom stereocenters. The third-order valence-electron chi connectivity index (χ3n) is 3.15. The van der Waals surface area contributed by atoms with Gasteiger partial charge in [0.15, 0.2) is 0 Å². The molecule has 0 aliphatic rings. The van der Waals surface area contributed by atoms with Crippen LogP contribution in [0.25, 0.3) is 0 Å². The van der Waals surface area contributed by atoms with Crippen molar-refractivity contribution >= 4 is 50.4 Å². The minimum Gasteiger partial charge on any atom is -0.494 e. The molecule has 0 fully saturated rings. The van der Waals surface area contributed by atoms with Crippen LogP contribution in [0.5, 0.6) is 5.75 Å². The van der Waals surface area contributed by atoms with E-state index in [4.69, 9.17) is 16.3 Å². The highest BCUT2D eigenvalue weighted by Gasteiger charge is 2.24. The van der Waals surface area contributed by atoms with Gasteiger partial charge in [0.05, 0.1) is 17.7 Å². The molecule has 1 aromatic heterocycles. The fourth-order valence-electron chi connectivity index (χ4n) is 2.01. The molecule has 0 unspecified atom stereocenters. The Morgan fingerprint density at radius 2 is 2.04 bits per heavy atom. The van der Waals surface area contributed by atoms with E-state index in [1.54, 1.807) is 13.0 Å². The number of nitrogens with one attached hydrogen (secondary N) is 1. The van der Waals surface area contributed by atoms with Gasteiger partial charge in [0.25, 0.3) is 0 Å². The molecule has 8 nitrogen and oxygen atoms in total. The SMILES string of the molecule is COc1cc(N(C)C)cc(Br)c1Nc1nc(C)nc(Cl)c1[N+](=O)[O-]. The second-order valence-electron chi connectivity index (χ2n) is 5.04. The van der Waals surface area contributed by atoms with Crippen molar-refractivity contribution in [3.05, 3.63) is 37.7 Å². The highest BCUT2D eigenvalue weighted by molar-refractivity contribution is 9.10. The Hall–Kier alpha value is -2.13. The van der Waals surface area contributed by atoms with Crippen LogP contribution in [-0.4, -0.2) is 36.1 Å². The summed E-state index contributed by atoms with van der Waals surface area (Å²) in [7, 11) is 5.30. The van der Waals surface area contributed by atoms with Gasteiger partial charge in [-0.1, -0.05) is 11.6 Å². The molecule has 0 saturated carbocycles. The topological polar surface area (TPSA) is 93.4 Å². The van der Waals surface area contributed by atoms with Crippen molar-refractivity contribution in [2.24, 2.45) is 0 Å². The van der Waals surface area contributed by atoms with Gasteiger partial charge in [-0.2, -0.15) is 0 Å². The van der Waals surface area contributed by atoms with Gasteiger partial charge in [-0.3, -0.25) is 10.1 Å². The van der Waals surface area contributed by atoms with Crippen LogP contribution in [0.3, 0.4) is 0 Å². The van der Waals surface area contributed by atoms with Gasteiger partial charge in [0.2, 0.25) is 11.0 Å². The number of aromatic nitrogens is 2. The Kier molecular flexibility index (Phi) is 5.45. The predicted octanol–water partition coefficient (Wildman–Crippen LogP) is 3.93. The van der Waals surface area contributed by atoms with Gasteiger partial charge in [-0.05, 0) is 28.9 Å². The number of ether oxygens (including phenoxy) is 1. The van der Waals surface area contributed by atoms with Crippen LogP contribution in [-0.2, 0) is 0 Å². The number of hydrogen-bond acceptors (Lipinski definition) is 7. The monoisotopic (exact) mass is 415 g/mol. The molecule has 128 valence electrons. The van der Waals surface area contributed by atoms with Crippen LogP contribution in [0.2, 0.25) is 5.15 Å². The molecule has 2 rings (SSSR count). The summed E-state index contributed by atoms with van der Waals surface area (Å²) in [6.45, 7) is 1.60. The smallest absolute Gasteiger partial charge is 0.348 e. The van der Waals surface area contributed by atoms with Gasteiger partial charge < -0.3 is 15.0 Å². The van der Waals surface area contributed by atoms with Gasteiger partial charge in [0.1, 0.15) is 11.6 Å². The van der Waals surface area contributed by atoms with Crippen LogP contribution in [0.1, 0.15) is 5.82 Å². The van der Waals surface area contributed by atoms with E-state index in [1.807, 2.05) is 25.1 Å². The highest BCUT2D eigenvalue weighted by atomic mass is 79.9. The van der Waals surface area contributed by atoms with E-state index in [2.05, 4.69) is 31.2 Å². The first-order chi connectivity index (χ1) is 11.2. The second-order valence-corrected chi connectivity index (χ2v) is 6.25. The third kappa shape index (κ3) is 3.68. The van der Waals surface area contributed by atoms with Crippen molar-refractivity contribution < 1.29 is 9.66 Å². The molecule has 10 heteroatoms. The third-order valence-corrected chi connectivity index (χ3v) is 4.04. The lowest BCUT2D eigenvalue weighted by atomic mass is 10.2. The summed E-state index contributed by atoms with van der Waals surface area (Å²) in [6.07, 6.45) is 0. The summed E-state index contributed by atoms with van der Waals surface area (Å²) < 4.78 is 6.04. The van der Waals surface area contributed by atoms with Crippen molar-refractivity contribution in [3.8, 4) is 5.75 Å². The number of nitrogens with zero attached hydrogens (tertiary/aromatic N) is 4. The molecule has 1 N–H and O–H groups in total. The van der Waals surface area contributed by atoms with E-state index in [0.717, 1.165) is 5.69 Å². The number of rotatable bonds is 5. The standard InChI is InChI=1S/C14H15BrClN5O3/c1-7-17-13(16)12(21(22)23)14(18-7)19-11-9(15)5-8(20(2)3)6-10(11)24-4/h5-6H,1-4H3,(H,17,18,19). The van der Waals surface area contributed by atoms with Crippen LogP contribution in [0.4, 0.5) is 22.9 Å². The van der Waals surface area contributed by atoms with Crippen molar-refractivity contribution in [2.75, 3.05) is 31.4 Å². The van der Waals surface area contributed by atoms with Crippen molar-refractivity contribution in [3.63, 3.8) is 0 Å². The molecule has 0 bridgehead atoms. The highest BCUT2D eigenvalue weighted by Crippen LogP contribution is 2.41. The first-order valence-electron chi connectivity index (χ1n) is 6.75. The van der Waals surface area contributed by atoms with Crippen molar-refractivity contribution in [1.82, 2.24) is 9.97 Å². The van der Waals surface area contributed by atoms with E-state index < -0.39 is 10.6 Å². The summed E-state index contributed by atoms with van der Waals surface area (Å²) in [4.78, 5) is 20.5. The number of benzene rings is 1. The molecule has 0 radical (unpaired) electrons. The predicted molar refractivity (Wildman–Crippen MR) is 96.7 cm³/mol. The maximum Gasteiger partial charge on any atom is 0.348 e. The van der Waals surface area contributed by atoms with Crippen LogP contribution in [0.15, 0.2) is 16.6 Å². The molecule has 2 aromatic rings. The van der Waals surface area contributed by atoms with E-state index in [1.165, 1.54) is 7.11 Å². The fraction of sp³-hybridized carbons (Fsp3) is 0.286. The van der Waals surface area contributed by atoms with Crippen molar-refractivity contribution in [2.45, 2.75) is 6.92 Å². The van der Waals surface area contributed by atoms with E-state index in [9.17, 15) is 10.1 Å². The van der Waals surface area contributed by atoms with Crippen molar-refractivity contribution in [1.29, 1.82) is 0 Å². The van der Waals surface area contributed by atoms with Gasteiger partial charge in [-0.15, -0.1) is 0 Å². The van der Waals surface area contributed by atoms with E-state index >= 15 is 0 Å². The Morgan fingerprint density at radius 3 is 2.58 bits per heavy atom. The average Bonchev–Trinajstić information content (AvgIpc) is 2.47. The Morgan fingerprint density at radius 1 is 1.38 bits per heavy atom. The van der Waals surface area contributed by atoms with E-state index in [-0.39, 0.29) is 11.0 Å². The number of aryl methyl sites for hydroxylation is 1. The lowest BCUT2D eigenvalue weighted by Gasteiger charge is -2.18. The molecule has 1 heterocycles.